The summed E-state index contributed by atoms with van der Waals surface area (Å²) in [5.74, 6) is 0.786. The van der Waals surface area contributed by atoms with Gasteiger partial charge in [-0.1, -0.05) is 6.07 Å². The highest BCUT2D eigenvalue weighted by molar-refractivity contribution is 9.10. The van der Waals surface area contributed by atoms with Crippen LogP contribution in [0.25, 0.3) is 21.7 Å². The number of fused-ring (bicyclic) bond motifs is 1. The zero-order valence-electron chi connectivity index (χ0n) is 8.49. The van der Waals surface area contributed by atoms with Crippen molar-refractivity contribution in [3.05, 3.63) is 33.9 Å². The molecule has 0 unspecified atom stereocenters. The van der Waals surface area contributed by atoms with Gasteiger partial charge in [0, 0.05) is 10.7 Å². The minimum absolute atomic E-state index is 0.786. The standard InChI is InChI=1S/C11H8BrN3S/c1-6-9-7(12)5-13-11(9)15-10(14-6)8-3-2-4-16-8/h2-5H,1H3,(H,13,14,15). The van der Waals surface area contributed by atoms with E-state index in [0.29, 0.717) is 0 Å². The maximum absolute atomic E-state index is 4.53. The number of halogens is 1. The first-order valence-corrected chi connectivity index (χ1v) is 6.48. The van der Waals surface area contributed by atoms with Gasteiger partial charge in [-0.25, -0.2) is 9.97 Å². The maximum atomic E-state index is 4.53. The van der Waals surface area contributed by atoms with Crippen LogP contribution in [0, 0.1) is 6.92 Å². The lowest BCUT2D eigenvalue weighted by Crippen LogP contribution is -1.91. The van der Waals surface area contributed by atoms with Crippen LogP contribution in [-0.4, -0.2) is 15.0 Å². The molecule has 0 saturated heterocycles. The summed E-state index contributed by atoms with van der Waals surface area (Å²) in [5, 5.41) is 3.09. The van der Waals surface area contributed by atoms with Crippen LogP contribution >= 0.6 is 27.3 Å². The first-order valence-electron chi connectivity index (χ1n) is 4.81. The van der Waals surface area contributed by atoms with E-state index in [2.05, 4.69) is 30.9 Å². The Labute approximate surface area is 105 Å². The minimum atomic E-state index is 0.786. The molecule has 0 atom stereocenters. The van der Waals surface area contributed by atoms with Gasteiger partial charge in [-0.15, -0.1) is 11.3 Å². The zero-order chi connectivity index (χ0) is 11.1. The number of aromatic nitrogens is 3. The fourth-order valence-electron chi connectivity index (χ4n) is 1.68. The van der Waals surface area contributed by atoms with Crippen molar-refractivity contribution < 1.29 is 0 Å². The topological polar surface area (TPSA) is 41.6 Å². The van der Waals surface area contributed by atoms with Gasteiger partial charge in [0.2, 0.25) is 0 Å². The molecule has 0 amide bonds. The fourth-order valence-corrected chi connectivity index (χ4v) is 2.93. The van der Waals surface area contributed by atoms with Crippen molar-refractivity contribution >= 4 is 38.3 Å². The molecular formula is C11H8BrN3S. The molecule has 0 aromatic carbocycles. The molecule has 0 radical (unpaired) electrons. The van der Waals surface area contributed by atoms with Crippen LogP contribution in [0.3, 0.4) is 0 Å². The van der Waals surface area contributed by atoms with Crippen LogP contribution in [-0.2, 0) is 0 Å². The van der Waals surface area contributed by atoms with Crippen molar-refractivity contribution in [2.75, 3.05) is 0 Å². The molecular weight excluding hydrogens is 286 g/mol. The Morgan fingerprint density at radius 2 is 2.25 bits per heavy atom. The van der Waals surface area contributed by atoms with E-state index in [0.717, 1.165) is 31.9 Å². The van der Waals surface area contributed by atoms with E-state index in [4.69, 9.17) is 0 Å². The summed E-state index contributed by atoms with van der Waals surface area (Å²) in [6.45, 7) is 2.00. The van der Waals surface area contributed by atoms with Crippen molar-refractivity contribution in [1.82, 2.24) is 15.0 Å². The zero-order valence-corrected chi connectivity index (χ0v) is 10.9. The lowest BCUT2D eigenvalue weighted by Gasteiger charge is -2.00. The molecule has 0 aliphatic carbocycles. The normalized spacial score (nSPS) is 11.1. The number of H-pyrrole nitrogens is 1. The molecule has 3 aromatic heterocycles. The van der Waals surface area contributed by atoms with E-state index in [1.807, 2.05) is 30.6 Å². The Kier molecular flexibility index (Phi) is 2.29. The Balaban J connectivity index is 2.30. The number of hydrogen-bond acceptors (Lipinski definition) is 3. The van der Waals surface area contributed by atoms with E-state index >= 15 is 0 Å². The smallest absolute Gasteiger partial charge is 0.171 e. The van der Waals surface area contributed by atoms with Crippen molar-refractivity contribution in [3.63, 3.8) is 0 Å². The third kappa shape index (κ3) is 1.47. The summed E-state index contributed by atoms with van der Waals surface area (Å²) >= 11 is 5.13. The van der Waals surface area contributed by atoms with Crippen molar-refractivity contribution in [1.29, 1.82) is 0 Å². The van der Waals surface area contributed by atoms with Gasteiger partial charge < -0.3 is 4.98 Å². The van der Waals surface area contributed by atoms with Gasteiger partial charge >= 0.3 is 0 Å². The number of aromatic amines is 1. The fraction of sp³-hybridized carbons (Fsp3) is 0.0909. The number of hydrogen-bond donors (Lipinski definition) is 1. The molecule has 5 heteroatoms. The number of aryl methyl sites for hydroxylation is 1. The monoisotopic (exact) mass is 293 g/mol. The maximum Gasteiger partial charge on any atom is 0.171 e. The molecule has 3 heterocycles. The molecule has 0 saturated carbocycles. The summed E-state index contributed by atoms with van der Waals surface area (Å²) in [7, 11) is 0. The second-order valence-electron chi connectivity index (χ2n) is 3.47. The first-order chi connectivity index (χ1) is 7.75. The summed E-state index contributed by atoms with van der Waals surface area (Å²) < 4.78 is 1.01. The van der Waals surface area contributed by atoms with Gasteiger partial charge in [0.25, 0.3) is 0 Å². The molecule has 16 heavy (non-hydrogen) atoms. The Morgan fingerprint density at radius 1 is 1.38 bits per heavy atom. The van der Waals surface area contributed by atoms with Crippen molar-refractivity contribution in [2.24, 2.45) is 0 Å². The lowest BCUT2D eigenvalue weighted by atomic mass is 10.3. The average Bonchev–Trinajstić information content (AvgIpc) is 2.87. The molecule has 3 aromatic rings. The number of thiophene rings is 1. The summed E-state index contributed by atoms with van der Waals surface area (Å²) in [4.78, 5) is 13.3. The van der Waals surface area contributed by atoms with Gasteiger partial charge in [-0.2, -0.15) is 0 Å². The van der Waals surface area contributed by atoms with Crippen molar-refractivity contribution in [3.8, 4) is 10.7 Å². The molecule has 0 aliphatic heterocycles. The SMILES string of the molecule is Cc1nc(-c2cccs2)nc2[nH]cc(Br)c12. The molecule has 3 rings (SSSR count). The molecule has 3 nitrogen and oxygen atoms in total. The van der Waals surface area contributed by atoms with Gasteiger partial charge in [0.1, 0.15) is 5.65 Å². The van der Waals surface area contributed by atoms with E-state index in [1.165, 1.54) is 0 Å². The van der Waals surface area contributed by atoms with Crippen LogP contribution in [0.15, 0.2) is 28.2 Å². The summed E-state index contributed by atoms with van der Waals surface area (Å²) in [5.41, 5.74) is 1.87. The van der Waals surface area contributed by atoms with Gasteiger partial charge in [-0.3, -0.25) is 0 Å². The van der Waals surface area contributed by atoms with Crippen LogP contribution in [0.2, 0.25) is 0 Å². The third-order valence-electron chi connectivity index (χ3n) is 2.41. The predicted molar refractivity (Wildman–Crippen MR) is 69.6 cm³/mol. The average molecular weight is 294 g/mol. The van der Waals surface area contributed by atoms with E-state index in [-0.39, 0.29) is 0 Å². The van der Waals surface area contributed by atoms with E-state index < -0.39 is 0 Å². The van der Waals surface area contributed by atoms with Crippen molar-refractivity contribution in [2.45, 2.75) is 6.92 Å². The van der Waals surface area contributed by atoms with Crippen LogP contribution in [0.1, 0.15) is 5.69 Å². The number of nitrogens with one attached hydrogen (secondary N) is 1. The second kappa shape index (κ2) is 3.68. The highest BCUT2D eigenvalue weighted by Gasteiger charge is 2.10. The molecule has 80 valence electrons. The molecule has 0 spiro atoms. The molecule has 1 N–H and O–H groups in total. The van der Waals surface area contributed by atoms with Crippen LogP contribution in [0.5, 0.6) is 0 Å². The lowest BCUT2D eigenvalue weighted by molar-refractivity contribution is 1.16. The number of nitrogens with zero attached hydrogens (tertiary/aromatic N) is 2. The Bertz CT molecular complexity index is 643. The van der Waals surface area contributed by atoms with Gasteiger partial charge in [-0.05, 0) is 34.3 Å². The Hall–Kier alpha value is -1.20. The minimum Gasteiger partial charge on any atom is -0.345 e. The highest BCUT2D eigenvalue weighted by Crippen LogP contribution is 2.28. The molecule has 0 aliphatic rings. The van der Waals surface area contributed by atoms with Crippen LogP contribution < -0.4 is 0 Å². The largest absolute Gasteiger partial charge is 0.345 e. The molecule has 0 fully saturated rings. The summed E-state index contributed by atoms with van der Waals surface area (Å²) in [6, 6.07) is 4.04. The van der Waals surface area contributed by atoms with Gasteiger partial charge in [0.15, 0.2) is 5.82 Å². The predicted octanol–water partition coefficient (Wildman–Crippen LogP) is 3.76. The van der Waals surface area contributed by atoms with Gasteiger partial charge in [0.05, 0.1) is 16.0 Å². The number of rotatable bonds is 1. The van der Waals surface area contributed by atoms with Crippen LogP contribution in [0.4, 0.5) is 0 Å². The first kappa shape index (κ1) is 9.99. The summed E-state index contributed by atoms with van der Waals surface area (Å²) in [6.07, 6.45) is 1.89. The van der Waals surface area contributed by atoms with E-state index in [9.17, 15) is 0 Å². The third-order valence-corrected chi connectivity index (χ3v) is 3.90. The highest BCUT2D eigenvalue weighted by atomic mass is 79.9. The second-order valence-corrected chi connectivity index (χ2v) is 5.27. The quantitative estimate of drug-likeness (QED) is 0.742. The Morgan fingerprint density at radius 3 is 3.00 bits per heavy atom. The molecule has 0 bridgehead atoms. The van der Waals surface area contributed by atoms with E-state index in [1.54, 1.807) is 11.3 Å².